The first-order valence-corrected chi connectivity index (χ1v) is 14.9. The summed E-state index contributed by atoms with van der Waals surface area (Å²) in [7, 11) is 2.85. The Labute approximate surface area is 261 Å². The van der Waals surface area contributed by atoms with E-state index in [2.05, 4.69) is 15.2 Å². The van der Waals surface area contributed by atoms with Gasteiger partial charge in [-0.25, -0.2) is 23.4 Å². The van der Waals surface area contributed by atoms with Gasteiger partial charge in [0.2, 0.25) is 5.92 Å². The molecule has 1 aliphatic heterocycles. The Bertz CT molecular complexity index is 1660. The van der Waals surface area contributed by atoms with E-state index >= 15 is 0 Å². The first-order chi connectivity index (χ1) is 21.2. The van der Waals surface area contributed by atoms with Gasteiger partial charge in [-0.05, 0) is 76.3 Å². The highest BCUT2D eigenvalue weighted by Crippen LogP contribution is 2.61. The minimum absolute atomic E-state index is 0.0643. The Morgan fingerprint density at radius 2 is 1.93 bits per heavy atom. The average molecular weight is 624 g/mol. The molecule has 2 aromatic heterocycles. The van der Waals surface area contributed by atoms with Gasteiger partial charge >= 0.3 is 12.1 Å². The Kier molecular flexibility index (Phi) is 8.53. The van der Waals surface area contributed by atoms with Crippen LogP contribution in [0.25, 0.3) is 10.9 Å². The molecule has 0 unspecified atom stereocenters. The van der Waals surface area contributed by atoms with Crippen LogP contribution < -0.4 is 10.1 Å². The number of fused-ring (bicyclic) bond motifs is 1. The number of anilines is 1. The number of carbonyl (C=O) groups is 2. The summed E-state index contributed by atoms with van der Waals surface area (Å²) in [6.07, 6.45) is 1.85. The van der Waals surface area contributed by atoms with Gasteiger partial charge in [-0.15, -0.1) is 0 Å². The molecule has 3 aromatic rings. The van der Waals surface area contributed by atoms with E-state index in [4.69, 9.17) is 14.2 Å². The molecule has 2 aliphatic rings. The lowest BCUT2D eigenvalue weighted by Gasteiger charge is -2.54. The summed E-state index contributed by atoms with van der Waals surface area (Å²) >= 11 is 0. The summed E-state index contributed by atoms with van der Waals surface area (Å²) in [6.45, 7) is 8.17. The number of nitrogens with one attached hydrogen (secondary N) is 1. The number of nitrogens with zero attached hydrogens (tertiary/aromatic N) is 4. The molecule has 0 amide bonds. The van der Waals surface area contributed by atoms with E-state index in [1.54, 1.807) is 25.4 Å². The summed E-state index contributed by atoms with van der Waals surface area (Å²) in [6, 6.07) is 8.73. The van der Waals surface area contributed by atoms with Crippen LogP contribution in [0.1, 0.15) is 79.7 Å². The van der Waals surface area contributed by atoms with Crippen LogP contribution in [0.5, 0.6) is 5.75 Å². The van der Waals surface area contributed by atoms with Crippen molar-refractivity contribution in [1.29, 1.82) is 5.26 Å². The number of ether oxygens (including phenoxy) is 3. The lowest BCUT2D eigenvalue weighted by molar-refractivity contribution is -0.186. The number of methoxy groups -OCH3 is 2. The Morgan fingerprint density at radius 1 is 1.20 bits per heavy atom. The van der Waals surface area contributed by atoms with E-state index in [-0.39, 0.29) is 31.1 Å². The van der Waals surface area contributed by atoms with Crippen LogP contribution >= 0.6 is 0 Å². The largest absolute Gasteiger partial charge is 0.496 e. The third-order valence-corrected chi connectivity index (χ3v) is 8.68. The third-order valence-electron chi connectivity index (χ3n) is 8.68. The van der Waals surface area contributed by atoms with E-state index in [1.165, 1.54) is 11.7 Å². The monoisotopic (exact) mass is 623 g/mol. The predicted molar refractivity (Wildman–Crippen MR) is 164 cm³/mol. The molecule has 1 spiro atoms. The van der Waals surface area contributed by atoms with E-state index in [9.17, 15) is 23.6 Å². The number of likely N-dealkylation sites (tertiary alicyclic amines) is 1. The first kappa shape index (κ1) is 32.2. The molecule has 1 atom stereocenters. The number of nitriles is 1. The number of pyridine rings is 1. The molecule has 0 bridgehead atoms. The molecule has 12 heteroatoms. The quantitative estimate of drug-likeness (QED) is 0.229. The second-order valence-corrected chi connectivity index (χ2v) is 13.1. The Balaban J connectivity index is 1.59. The van der Waals surface area contributed by atoms with Gasteiger partial charge in [-0.3, -0.25) is 9.47 Å². The number of carbonyl (C=O) groups excluding carboxylic acids is 2. The first-order valence-electron chi connectivity index (χ1n) is 14.9. The number of benzene rings is 1. The maximum Gasteiger partial charge on any atom is 0.419 e. The van der Waals surface area contributed by atoms with E-state index in [1.807, 2.05) is 45.9 Å². The van der Waals surface area contributed by atoms with Gasteiger partial charge in [-0.2, -0.15) is 5.26 Å². The number of alkyl halides is 2. The van der Waals surface area contributed by atoms with Crippen molar-refractivity contribution >= 4 is 28.8 Å². The van der Waals surface area contributed by atoms with Crippen LogP contribution in [0.2, 0.25) is 0 Å². The maximum atomic E-state index is 14.3. The van der Waals surface area contributed by atoms with Crippen molar-refractivity contribution in [3.8, 4) is 11.8 Å². The van der Waals surface area contributed by atoms with Crippen LogP contribution in [0.15, 0.2) is 30.5 Å². The summed E-state index contributed by atoms with van der Waals surface area (Å²) in [5.74, 6) is -2.36. The van der Waals surface area contributed by atoms with Crippen molar-refractivity contribution < 1.29 is 32.6 Å². The second kappa shape index (κ2) is 11.9. The van der Waals surface area contributed by atoms with Crippen LogP contribution in [0.3, 0.4) is 0 Å². The molecule has 240 valence electrons. The number of halogens is 2. The third kappa shape index (κ3) is 6.45. The van der Waals surface area contributed by atoms with Crippen LogP contribution in [-0.4, -0.2) is 65.3 Å². The molecule has 1 N–H and O–H groups in total. The molecule has 1 saturated heterocycles. The molecule has 1 aromatic carbocycles. The average Bonchev–Trinajstić information content (AvgIpc) is 3.42. The van der Waals surface area contributed by atoms with Crippen LogP contribution in [0.4, 0.5) is 19.4 Å². The number of rotatable bonds is 7. The van der Waals surface area contributed by atoms with Crippen molar-refractivity contribution in [3.63, 3.8) is 0 Å². The number of hydrogen-bond acceptors (Lipinski definition) is 9. The minimum Gasteiger partial charge on any atom is -0.496 e. The summed E-state index contributed by atoms with van der Waals surface area (Å²) in [5, 5.41) is 13.1. The van der Waals surface area contributed by atoms with Crippen LogP contribution in [0, 0.1) is 23.7 Å². The fourth-order valence-corrected chi connectivity index (χ4v) is 6.84. The number of aromatic nitrogens is 2. The van der Waals surface area contributed by atoms with Gasteiger partial charge in [-0.1, -0.05) is 6.07 Å². The maximum absolute atomic E-state index is 14.3. The molecular weight excluding hydrogens is 584 g/mol. The molecule has 2 fully saturated rings. The SMILES string of the molecule is COC(=O)c1ccc([C@H]2CC3(CCN2Cc2c(OC)cc(C)c4c2ccn4C(=O)OC(C)(C)C)CC(F)(F)C3)c(NCC#N)n1. The number of aryl methyl sites for hydroxylation is 1. The lowest BCUT2D eigenvalue weighted by atomic mass is 9.59. The minimum atomic E-state index is -2.70. The summed E-state index contributed by atoms with van der Waals surface area (Å²) < 4.78 is 46.4. The van der Waals surface area contributed by atoms with E-state index in [0.717, 1.165) is 16.5 Å². The van der Waals surface area contributed by atoms with Crippen molar-refractivity contribution in [1.82, 2.24) is 14.5 Å². The van der Waals surface area contributed by atoms with Crippen molar-refractivity contribution in [3.05, 3.63) is 52.8 Å². The van der Waals surface area contributed by atoms with E-state index < -0.39 is 29.0 Å². The number of esters is 1. The molecular formula is C33H39F2N5O5. The van der Waals surface area contributed by atoms with E-state index in [0.29, 0.717) is 48.6 Å². The fourth-order valence-electron chi connectivity index (χ4n) is 6.84. The molecule has 0 radical (unpaired) electrons. The fraction of sp³-hybridized carbons (Fsp3) is 0.515. The highest BCUT2D eigenvalue weighted by atomic mass is 19.3. The van der Waals surface area contributed by atoms with Gasteiger partial charge in [0.25, 0.3) is 0 Å². The normalized spacial score (nSPS) is 19.0. The Morgan fingerprint density at radius 3 is 2.56 bits per heavy atom. The topological polar surface area (TPSA) is 119 Å². The molecule has 3 heterocycles. The van der Waals surface area contributed by atoms with Crippen molar-refractivity contribution in [2.24, 2.45) is 5.41 Å². The highest BCUT2D eigenvalue weighted by Gasteiger charge is 2.58. The smallest absolute Gasteiger partial charge is 0.419 e. The molecule has 5 rings (SSSR count). The molecule has 1 aliphatic carbocycles. The number of hydrogen-bond donors (Lipinski definition) is 1. The zero-order valence-electron chi connectivity index (χ0n) is 26.5. The Hall–Kier alpha value is -4.24. The molecule has 1 saturated carbocycles. The predicted octanol–water partition coefficient (Wildman–Crippen LogP) is 6.61. The summed E-state index contributed by atoms with van der Waals surface area (Å²) in [5.41, 5.74) is 1.92. The van der Waals surface area contributed by atoms with Gasteiger partial charge in [0.15, 0.2) is 5.69 Å². The van der Waals surface area contributed by atoms with Gasteiger partial charge in [0.05, 0.1) is 25.8 Å². The number of piperidine rings is 1. The lowest BCUT2D eigenvalue weighted by Crippen LogP contribution is -2.53. The van der Waals surface area contributed by atoms with Gasteiger partial charge in [0.1, 0.15) is 23.7 Å². The molecule has 10 nitrogen and oxygen atoms in total. The van der Waals surface area contributed by atoms with Crippen LogP contribution in [-0.2, 0) is 16.0 Å². The van der Waals surface area contributed by atoms with Crippen molar-refractivity contribution in [2.45, 2.75) is 77.5 Å². The molecule has 45 heavy (non-hydrogen) atoms. The second-order valence-electron chi connectivity index (χ2n) is 13.1. The standard InChI is InChI=1S/C33H39F2N5O5/c1-20-15-26(43-5)23(21-9-13-40(27(20)21)30(42)45-31(2,3)4)17-39-14-10-32(18-33(34,35)19-32)16-25(39)22-7-8-24(29(41)44-6)38-28(22)37-12-11-36/h7-9,13,15,25H,10,12,14,16-19H2,1-6H3,(H,37,38)/t25-/m1/s1. The highest BCUT2D eigenvalue weighted by molar-refractivity contribution is 5.95. The summed E-state index contributed by atoms with van der Waals surface area (Å²) in [4.78, 5) is 32.1. The van der Waals surface area contributed by atoms with Gasteiger partial charge in [0, 0.05) is 48.1 Å². The zero-order chi connectivity index (χ0) is 32.7. The van der Waals surface area contributed by atoms with Gasteiger partial charge < -0.3 is 19.5 Å². The van der Waals surface area contributed by atoms with Crippen molar-refractivity contribution in [2.75, 3.05) is 32.6 Å². The zero-order valence-corrected chi connectivity index (χ0v) is 26.5.